The molecule has 0 saturated heterocycles. The standard InChI is InChI=1S/C27H31N3O2/c31-17-9-16-28-26-29-24-22-13-6-5-12-21(22)18-27(14-7-2-8-15-27)23(24)25(32)30(26)19-20-10-3-1-4-11-20/h1,3-6,10-13,31H,2,7-9,14-19H2,(H,28,29). The van der Waals surface area contributed by atoms with Gasteiger partial charge in [0, 0.05) is 24.1 Å². The molecule has 0 unspecified atom stereocenters. The van der Waals surface area contributed by atoms with E-state index in [0.717, 1.165) is 54.5 Å². The Kier molecular flexibility index (Phi) is 5.83. The summed E-state index contributed by atoms with van der Waals surface area (Å²) in [6, 6.07) is 18.5. The minimum absolute atomic E-state index is 0.0850. The molecule has 2 N–H and O–H groups in total. The lowest BCUT2D eigenvalue weighted by atomic mass is 9.62. The number of hydrogen-bond donors (Lipinski definition) is 2. The SMILES string of the molecule is O=c1c2c(nc(NCCCO)n1Cc1ccccc1)-c1ccccc1CC21CCCCC1. The number of anilines is 1. The molecule has 0 bridgehead atoms. The molecule has 0 amide bonds. The van der Waals surface area contributed by atoms with E-state index in [1.54, 1.807) is 0 Å². The van der Waals surface area contributed by atoms with E-state index in [1.807, 2.05) is 28.8 Å². The number of aliphatic hydroxyl groups is 1. The zero-order valence-corrected chi connectivity index (χ0v) is 18.5. The zero-order valence-electron chi connectivity index (χ0n) is 18.5. The average Bonchev–Trinajstić information content (AvgIpc) is 2.82. The van der Waals surface area contributed by atoms with Crippen LogP contribution in [0.1, 0.15) is 55.2 Å². The molecule has 1 saturated carbocycles. The fourth-order valence-corrected chi connectivity index (χ4v) is 5.57. The second-order valence-corrected chi connectivity index (χ2v) is 9.21. The van der Waals surface area contributed by atoms with Gasteiger partial charge in [0.2, 0.25) is 5.95 Å². The first kappa shape index (κ1) is 21.0. The molecule has 166 valence electrons. The molecule has 2 aliphatic rings. The Morgan fingerprint density at radius 2 is 1.75 bits per heavy atom. The summed E-state index contributed by atoms with van der Waals surface area (Å²) in [5, 5.41) is 12.6. The van der Waals surface area contributed by atoms with Gasteiger partial charge in [-0.3, -0.25) is 9.36 Å². The number of nitrogens with one attached hydrogen (secondary N) is 1. The minimum Gasteiger partial charge on any atom is -0.396 e. The molecule has 2 aromatic carbocycles. The smallest absolute Gasteiger partial charge is 0.259 e. The summed E-state index contributed by atoms with van der Waals surface area (Å²) in [5.74, 6) is 0.591. The van der Waals surface area contributed by atoms with Crippen molar-refractivity contribution in [1.29, 1.82) is 0 Å². The van der Waals surface area contributed by atoms with Gasteiger partial charge in [-0.1, -0.05) is 73.9 Å². The molecule has 0 radical (unpaired) electrons. The van der Waals surface area contributed by atoms with Crippen LogP contribution in [0.3, 0.4) is 0 Å². The van der Waals surface area contributed by atoms with Gasteiger partial charge < -0.3 is 10.4 Å². The summed E-state index contributed by atoms with van der Waals surface area (Å²) < 4.78 is 1.82. The highest BCUT2D eigenvalue weighted by Gasteiger charge is 2.43. The quantitative estimate of drug-likeness (QED) is 0.566. The second kappa shape index (κ2) is 8.91. The number of nitrogens with zero attached hydrogens (tertiary/aromatic N) is 2. The van der Waals surface area contributed by atoms with Crippen molar-refractivity contribution in [1.82, 2.24) is 9.55 Å². The number of benzene rings is 2. The molecule has 3 aromatic rings. The molecule has 2 aliphatic carbocycles. The zero-order chi connectivity index (χ0) is 22.0. The van der Waals surface area contributed by atoms with Gasteiger partial charge in [-0.05, 0) is 36.8 Å². The third-order valence-electron chi connectivity index (χ3n) is 7.11. The van der Waals surface area contributed by atoms with E-state index in [0.29, 0.717) is 25.5 Å². The first-order valence-electron chi connectivity index (χ1n) is 11.8. The van der Waals surface area contributed by atoms with E-state index in [9.17, 15) is 9.90 Å². The van der Waals surface area contributed by atoms with E-state index >= 15 is 0 Å². The van der Waals surface area contributed by atoms with E-state index < -0.39 is 0 Å². The molecule has 32 heavy (non-hydrogen) atoms. The summed E-state index contributed by atoms with van der Waals surface area (Å²) in [4.78, 5) is 19.3. The molecule has 5 rings (SSSR count). The van der Waals surface area contributed by atoms with Crippen LogP contribution in [-0.4, -0.2) is 27.8 Å². The Hall–Kier alpha value is -2.92. The molecule has 5 nitrogen and oxygen atoms in total. The average molecular weight is 430 g/mol. The number of aromatic nitrogens is 2. The molecule has 5 heteroatoms. The highest BCUT2D eigenvalue weighted by Crippen LogP contribution is 2.48. The highest BCUT2D eigenvalue weighted by molar-refractivity contribution is 5.72. The van der Waals surface area contributed by atoms with E-state index in [2.05, 4.69) is 35.6 Å². The van der Waals surface area contributed by atoms with Gasteiger partial charge in [0.1, 0.15) is 0 Å². The van der Waals surface area contributed by atoms with Gasteiger partial charge in [-0.25, -0.2) is 4.98 Å². The number of hydrogen-bond acceptors (Lipinski definition) is 4. The van der Waals surface area contributed by atoms with Gasteiger partial charge in [-0.15, -0.1) is 0 Å². The summed E-state index contributed by atoms with van der Waals surface area (Å²) in [5.41, 5.74) is 5.21. The molecule has 1 spiro atoms. The highest BCUT2D eigenvalue weighted by atomic mass is 16.3. The van der Waals surface area contributed by atoms with Crippen LogP contribution in [0, 0.1) is 0 Å². The molecule has 0 aliphatic heterocycles. The van der Waals surface area contributed by atoms with Crippen LogP contribution < -0.4 is 10.9 Å². The van der Waals surface area contributed by atoms with Crippen molar-refractivity contribution in [3.05, 3.63) is 81.6 Å². The third kappa shape index (κ3) is 3.75. The maximum absolute atomic E-state index is 14.2. The lowest BCUT2D eigenvalue weighted by molar-refractivity contribution is 0.283. The summed E-state index contributed by atoms with van der Waals surface area (Å²) in [6.45, 7) is 1.16. The van der Waals surface area contributed by atoms with Crippen LogP contribution in [0.4, 0.5) is 5.95 Å². The molecule has 1 aromatic heterocycles. The Morgan fingerprint density at radius 1 is 1.00 bits per heavy atom. The van der Waals surface area contributed by atoms with Crippen molar-refractivity contribution in [2.45, 2.75) is 56.9 Å². The molecular weight excluding hydrogens is 398 g/mol. The van der Waals surface area contributed by atoms with Gasteiger partial charge in [0.05, 0.1) is 17.8 Å². The van der Waals surface area contributed by atoms with Gasteiger partial charge in [0.15, 0.2) is 0 Å². The van der Waals surface area contributed by atoms with Gasteiger partial charge >= 0.3 is 0 Å². The van der Waals surface area contributed by atoms with Crippen LogP contribution in [-0.2, 0) is 18.4 Å². The Bertz CT molecular complexity index is 1150. The van der Waals surface area contributed by atoms with Crippen molar-refractivity contribution in [2.75, 3.05) is 18.5 Å². The van der Waals surface area contributed by atoms with Crippen LogP contribution in [0.2, 0.25) is 0 Å². The van der Waals surface area contributed by atoms with E-state index in [4.69, 9.17) is 4.98 Å². The topological polar surface area (TPSA) is 67.2 Å². The van der Waals surface area contributed by atoms with Crippen molar-refractivity contribution < 1.29 is 5.11 Å². The second-order valence-electron chi connectivity index (χ2n) is 9.21. The Balaban J connectivity index is 1.71. The van der Waals surface area contributed by atoms with Gasteiger partial charge in [0.25, 0.3) is 5.56 Å². The lowest BCUT2D eigenvalue weighted by Gasteiger charge is -2.42. The van der Waals surface area contributed by atoms with Crippen molar-refractivity contribution in [3.63, 3.8) is 0 Å². The fourth-order valence-electron chi connectivity index (χ4n) is 5.57. The van der Waals surface area contributed by atoms with Crippen LogP contribution in [0.15, 0.2) is 59.4 Å². The fraction of sp³-hybridized carbons (Fsp3) is 0.407. The predicted molar refractivity (Wildman–Crippen MR) is 128 cm³/mol. The molecule has 1 heterocycles. The number of fused-ring (bicyclic) bond motifs is 4. The monoisotopic (exact) mass is 429 g/mol. The van der Waals surface area contributed by atoms with Crippen LogP contribution in [0.25, 0.3) is 11.3 Å². The maximum atomic E-state index is 14.2. The third-order valence-corrected chi connectivity index (χ3v) is 7.11. The summed E-state index contributed by atoms with van der Waals surface area (Å²) >= 11 is 0. The predicted octanol–water partition coefficient (Wildman–Crippen LogP) is 4.51. The Labute approximate surface area is 189 Å². The first-order chi connectivity index (χ1) is 15.7. The number of rotatable bonds is 6. The minimum atomic E-state index is -0.117. The lowest BCUT2D eigenvalue weighted by Crippen LogP contribution is -2.43. The molecule has 0 atom stereocenters. The van der Waals surface area contributed by atoms with Crippen LogP contribution >= 0.6 is 0 Å². The Morgan fingerprint density at radius 3 is 2.53 bits per heavy atom. The normalized spacial score (nSPS) is 16.4. The first-order valence-corrected chi connectivity index (χ1v) is 11.8. The van der Waals surface area contributed by atoms with Gasteiger partial charge in [-0.2, -0.15) is 0 Å². The van der Waals surface area contributed by atoms with Crippen molar-refractivity contribution in [3.8, 4) is 11.3 Å². The maximum Gasteiger partial charge on any atom is 0.259 e. The van der Waals surface area contributed by atoms with Crippen molar-refractivity contribution >= 4 is 5.95 Å². The number of aliphatic hydroxyl groups excluding tert-OH is 1. The summed E-state index contributed by atoms with van der Waals surface area (Å²) in [7, 11) is 0. The van der Waals surface area contributed by atoms with E-state index in [-0.39, 0.29) is 17.6 Å². The molecular formula is C27H31N3O2. The van der Waals surface area contributed by atoms with Crippen molar-refractivity contribution in [2.24, 2.45) is 0 Å². The van der Waals surface area contributed by atoms with E-state index in [1.165, 1.54) is 12.0 Å². The summed E-state index contributed by atoms with van der Waals surface area (Å²) in [6.07, 6.45) is 7.20. The molecule has 1 fully saturated rings. The van der Waals surface area contributed by atoms with Crippen LogP contribution in [0.5, 0.6) is 0 Å². The largest absolute Gasteiger partial charge is 0.396 e.